The van der Waals surface area contributed by atoms with E-state index in [1.165, 1.54) is 6.07 Å². The first kappa shape index (κ1) is 13.7. The molecule has 0 saturated heterocycles. The quantitative estimate of drug-likeness (QED) is 0.827. The summed E-state index contributed by atoms with van der Waals surface area (Å²) >= 11 is 0. The molecule has 0 saturated carbocycles. The molecule has 100 valence electrons. The number of nitrogens with one attached hydrogen (secondary N) is 1. The van der Waals surface area contributed by atoms with Crippen LogP contribution in [0.15, 0.2) is 36.7 Å². The van der Waals surface area contributed by atoms with E-state index in [0.717, 1.165) is 41.8 Å². The van der Waals surface area contributed by atoms with E-state index in [1.54, 1.807) is 18.5 Å². The number of hydrogen-bond donors (Lipinski definition) is 1. The molecule has 0 radical (unpaired) electrons. The fourth-order valence-electron chi connectivity index (χ4n) is 2.07. The Morgan fingerprint density at radius 1 is 1.21 bits per heavy atom. The highest BCUT2D eigenvalue weighted by Crippen LogP contribution is 2.24. The van der Waals surface area contributed by atoms with Gasteiger partial charge in [-0.3, -0.25) is 4.98 Å². The third-order valence-corrected chi connectivity index (χ3v) is 3.00. The normalized spacial score (nSPS) is 10.7. The van der Waals surface area contributed by atoms with Gasteiger partial charge in [-0.25, -0.2) is 4.39 Å². The lowest BCUT2D eigenvalue weighted by Gasteiger charge is -2.11. The Kier molecular flexibility index (Phi) is 4.63. The maximum atomic E-state index is 13.5. The van der Waals surface area contributed by atoms with Gasteiger partial charge in [0.1, 0.15) is 5.82 Å². The first-order valence-corrected chi connectivity index (χ1v) is 6.62. The van der Waals surface area contributed by atoms with Crippen molar-refractivity contribution in [2.24, 2.45) is 0 Å². The largest absolute Gasteiger partial charge is 0.313 e. The zero-order valence-electron chi connectivity index (χ0n) is 11.4. The topological polar surface area (TPSA) is 24.9 Å². The van der Waals surface area contributed by atoms with Crippen molar-refractivity contribution in [2.75, 3.05) is 6.54 Å². The van der Waals surface area contributed by atoms with Crippen molar-refractivity contribution < 1.29 is 4.39 Å². The second-order valence-corrected chi connectivity index (χ2v) is 4.73. The Morgan fingerprint density at radius 2 is 2.05 bits per heavy atom. The van der Waals surface area contributed by atoms with Crippen LogP contribution in [0.2, 0.25) is 0 Å². The number of halogens is 1. The fourth-order valence-corrected chi connectivity index (χ4v) is 2.07. The summed E-state index contributed by atoms with van der Waals surface area (Å²) in [4.78, 5) is 4.18. The van der Waals surface area contributed by atoms with Gasteiger partial charge in [-0.15, -0.1) is 0 Å². The van der Waals surface area contributed by atoms with E-state index in [4.69, 9.17) is 0 Å². The highest BCUT2D eigenvalue weighted by molar-refractivity contribution is 5.67. The van der Waals surface area contributed by atoms with Crippen LogP contribution in [0, 0.1) is 12.7 Å². The molecule has 0 spiro atoms. The van der Waals surface area contributed by atoms with Gasteiger partial charge < -0.3 is 5.32 Å². The molecule has 19 heavy (non-hydrogen) atoms. The second kappa shape index (κ2) is 6.43. The van der Waals surface area contributed by atoms with Gasteiger partial charge in [0.2, 0.25) is 0 Å². The van der Waals surface area contributed by atoms with Gasteiger partial charge in [0, 0.05) is 24.5 Å². The van der Waals surface area contributed by atoms with E-state index >= 15 is 0 Å². The summed E-state index contributed by atoms with van der Waals surface area (Å²) in [7, 11) is 0. The van der Waals surface area contributed by atoms with Crippen molar-refractivity contribution >= 4 is 0 Å². The first-order chi connectivity index (χ1) is 9.20. The van der Waals surface area contributed by atoms with Gasteiger partial charge in [0.25, 0.3) is 0 Å². The molecule has 0 aliphatic rings. The molecule has 0 fully saturated rings. The lowest BCUT2D eigenvalue weighted by Crippen LogP contribution is -2.14. The average molecular weight is 258 g/mol. The van der Waals surface area contributed by atoms with Crippen molar-refractivity contribution in [3.63, 3.8) is 0 Å². The molecule has 0 aliphatic heterocycles. The summed E-state index contributed by atoms with van der Waals surface area (Å²) < 4.78 is 13.5. The van der Waals surface area contributed by atoms with Crippen molar-refractivity contribution in [3.8, 4) is 11.1 Å². The van der Waals surface area contributed by atoms with Crippen molar-refractivity contribution in [1.82, 2.24) is 10.3 Å². The molecule has 2 nitrogen and oxygen atoms in total. The minimum absolute atomic E-state index is 0.212. The molecule has 1 aromatic heterocycles. The molecular formula is C16H19FN2. The number of hydrogen-bond acceptors (Lipinski definition) is 2. The molecule has 1 aromatic carbocycles. The Morgan fingerprint density at radius 3 is 2.79 bits per heavy atom. The molecule has 0 amide bonds. The predicted molar refractivity (Wildman–Crippen MR) is 76.4 cm³/mol. The number of aromatic nitrogens is 1. The van der Waals surface area contributed by atoms with E-state index in [9.17, 15) is 4.39 Å². The zero-order chi connectivity index (χ0) is 13.7. The molecule has 0 bridgehead atoms. The predicted octanol–water partition coefficient (Wildman–Crippen LogP) is 3.70. The average Bonchev–Trinajstić information content (AvgIpc) is 2.40. The molecule has 0 atom stereocenters. The van der Waals surface area contributed by atoms with Crippen LogP contribution < -0.4 is 5.32 Å². The minimum Gasteiger partial charge on any atom is -0.313 e. The third kappa shape index (κ3) is 3.61. The lowest BCUT2D eigenvalue weighted by molar-refractivity contribution is 0.625. The molecule has 0 aliphatic carbocycles. The highest BCUT2D eigenvalue weighted by atomic mass is 19.1. The SMILES string of the molecule is CCCNCc1ccc(F)cc1-c1cncc(C)c1. The molecule has 1 heterocycles. The second-order valence-electron chi connectivity index (χ2n) is 4.73. The van der Waals surface area contributed by atoms with E-state index in [2.05, 4.69) is 17.2 Å². The smallest absolute Gasteiger partial charge is 0.123 e. The van der Waals surface area contributed by atoms with Crippen LogP contribution >= 0.6 is 0 Å². The Balaban J connectivity index is 2.34. The van der Waals surface area contributed by atoms with Crippen LogP contribution in [0.3, 0.4) is 0 Å². The van der Waals surface area contributed by atoms with Crippen LogP contribution in [0.4, 0.5) is 4.39 Å². The number of nitrogens with zero attached hydrogens (tertiary/aromatic N) is 1. The molecule has 2 rings (SSSR count). The third-order valence-electron chi connectivity index (χ3n) is 3.00. The summed E-state index contributed by atoms with van der Waals surface area (Å²) in [5.74, 6) is -0.212. The monoisotopic (exact) mass is 258 g/mol. The van der Waals surface area contributed by atoms with Gasteiger partial charge in [0.05, 0.1) is 0 Å². The Labute approximate surface area is 113 Å². The van der Waals surface area contributed by atoms with Gasteiger partial charge >= 0.3 is 0 Å². The van der Waals surface area contributed by atoms with Crippen LogP contribution in [0.1, 0.15) is 24.5 Å². The van der Waals surface area contributed by atoms with Gasteiger partial charge in [-0.05, 0) is 54.8 Å². The Bertz CT molecular complexity index is 552. The van der Waals surface area contributed by atoms with E-state index in [0.29, 0.717) is 0 Å². The maximum Gasteiger partial charge on any atom is 0.123 e. The van der Waals surface area contributed by atoms with Crippen molar-refractivity contribution in [2.45, 2.75) is 26.8 Å². The van der Waals surface area contributed by atoms with E-state index in [1.807, 2.05) is 19.1 Å². The van der Waals surface area contributed by atoms with Crippen molar-refractivity contribution in [3.05, 3.63) is 53.6 Å². The standard InChI is InChI=1S/C16H19FN2/c1-3-6-18-10-13-4-5-15(17)8-16(13)14-7-12(2)9-19-11-14/h4-5,7-9,11,18H,3,6,10H2,1-2H3. The molecule has 0 unspecified atom stereocenters. The number of pyridine rings is 1. The summed E-state index contributed by atoms with van der Waals surface area (Å²) in [6.07, 6.45) is 4.67. The van der Waals surface area contributed by atoms with E-state index in [-0.39, 0.29) is 5.82 Å². The van der Waals surface area contributed by atoms with Crippen LogP contribution in [0.25, 0.3) is 11.1 Å². The number of rotatable bonds is 5. The summed E-state index contributed by atoms with van der Waals surface area (Å²) in [6, 6.07) is 6.97. The number of aryl methyl sites for hydroxylation is 1. The highest BCUT2D eigenvalue weighted by Gasteiger charge is 2.07. The fraction of sp³-hybridized carbons (Fsp3) is 0.312. The number of benzene rings is 1. The zero-order valence-corrected chi connectivity index (χ0v) is 11.4. The van der Waals surface area contributed by atoms with Crippen LogP contribution in [-0.2, 0) is 6.54 Å². The van der Waals surface area contributed by atoms with Crippen LogP contribution in [-0.4, -0.2) is 11.5 Å². The van der Waals surface area contributed by atoms with E-state index < -0.39 is 0 Å². The minimum atomic E-state index is -0.212. The molecule has 2 aromatic rings. The lowest BCUT2D eigenvalue weighted by atomic mass is 10.00. The van der Waals surface area contributed by atoms with Crippen LogP contribution in [0.5, 0.6) is 0 Å². The summed E-state index contributed by atoms with van der Waals surface area (Å²) in [5.41, 5.74) is 4.06. The maximum absolute atomic E-state index is 13.5. The van der Waals surface area contributed by atoms with Gasteiger partial charge in [-0.1, -0.05) is 13.0 Å². The Hall–Kier alpha value is -1.74. The molecule has 3 heteroatoms. The van der Waals surface area contributed by atoms with Crippen molar-refractivity contribution in [1.29, 1.82) is 0 Å². The first-order valence-electron chi connectivity index (χ1n) is 6.62. The molecular weight excluding hydrogens is 239 g/mol. The molecule has 1 N–H and O–H groups in total. The summed E-state index contributed by atoms with van der Waals surface area (Å²) in [6.45, 7) is 5.83. The summed E-state index contributed by atoms with van der Waals surface area (Å²) in [5, 5.41) is 3.35. The van der Waals surface area contributed by atoms with Gasteiger partial charge in [0.15, 0.2) is 0 Å². The van der Waals surface area contributed by atoms with Gasteiger partial charge in [-0.2, -0.15) is 0 Å².